The number of hydrogen-bond acceptors (Lipinski definition) is 1. The molecule has 11 heavy (non-hydrogen) atoms. The van der Waals surface area contributed by atoms with Gasteiger partial charge in [-0.05, 0) is 37.6 Å². The molecule has 3 atom stereocenters. The Morgan fingerprint density at radius 2 is 2.18 bits per heavy atom. The van der Waals surface area contributed by atoms with Gasteiger partial charge in [-0.15, -0.1) is 0 Å². The molecule has 0 radical (unpaired) electrons. The number of hydrogen-bond donors (Lipinski definition) is 1. The standard InChI is InChI=1S/C10H19N/c1-2-8-6-7-11-10-5-3-4-9(8)10/h8-11H,2-7H2,1H3. The van der Waals surface area contributed by atoms with Crippen LogP contribution in [0.5, 0.6) is 0 Å². The van der Waals surface area contributed by atoms with Crippen molar-refractivity contribution >= 4 is 0 Å². The van der Waals surface area contributed by atoms with E-state index < -0.39 is 0 Å². The van der Waals surface area contributed by atoms with Crippen molar-refractivity contribution in [3.8, 4) is 0 Å². The molecule has 1 heteroatoms. The van der Waals surface area contributed by atoms with Crippen LogP contribution in [0.15, 0.2) is 0 Å². The molecule has 0 bridgehead atoms. The van der Waals surface area contributed by atoms with Crippen molar-refractivity contribution in [2.45, 2.75) is 45.1 Å². The summed E-state index contributed by atoms with van der Waals surface area (Å²) in [6.07, 6.45) is 7.25. The summed E-state index contributed by atoms with van der Waals surface area (Å²) in [5.74, 6) is 2.08. The van der Waals surface area contributed by atoms with Crippen LogP contribution in [0.2, 0.25) is 0 Å². The van der Waals surface area contributed by atoms with Crippen molar-refractivity contribution in [3.05, 3.63) is 0 Å². The first kappa shape index (κ1) is 7.60. The van der Waals surface area contributed by atoms with Gasteiger partial charge in [0.25, 0.3) is 0 Å². The average Bonchev–Trinajstić information content (AvgIpc) is 2.50. The molecule has 0 amide bonds. The van der Waals surface area contributed by atoms with Crippen LogP contribution in [0.3, 0.4) is 0 Å². The lowest BCUT2D eigenvalue weighted by Gasteiger charge is -2.34. The second-order valence-electron chi connectivity index (χ2n) is 4.11. The minimum Gasteiger partial charge on any atom is -0.314 e. The largest absolute Gasteiger partial charge is 0.314 e. The summed E-state index contributed by atoms with van der Waals surface area (Å²) in [7, 11) is 0. The van der Waals surface area contributed by atoms with E-state index in [1.54, 1.807) is 0 Å². The fourth-order valence-electron chi connectivity index (χ4n) is 2.98. The Bertz CT molecular complexity index is 133. The quantitative estimate of drug-likeness (QED) is 0.609. The third-order valence-corrected chi connectivity index (χ3v) is 3.62. The Morgan fingerprint density at radius 3 is 3.00 bits per heavy atom. The van der Waals surface area contributed by atoms with Crippen LogP contribution in [0.1, 0.15) is 39.0 Å². The molecule has 0 aromatic carbocycles. The molecule has 1 nitrogen and oxygen atoms in total. The lowest BCUT2D eigenvalue weighted by molar-refractivity contribution is 0.209. The van der Waals surface area contributed by atoms with E-state index in [1.807, 2.05) is 0 Å². The first-order valence-corrected chi connectivity index (χ1v) is 5.15. The fraction of sp³-hybridized carbons (Fsp3) is 1.00. The van der Waals surface area contributed by atoms with Crippen molar-refractivity contribution in [1.82, 2.24) is 5.32 Å². The molecule has 2 aliphatic rings. The van der Waals surface area contributed by atoms with Gasteiger partial charge >= 0.3 is 0 Å². The van der Waals surface area contributed by atoms with E-state index in [2.05, 4.69) is 12.2 Å². The second-order valence-corrected chi connectivity index (χ2v) is 4.11. The maximum Gasteiger partial charge on any atom is 0.00979 e. The van der Waals surface area contributed by atoms with Gasteiger partial charge in [0, 0.05) is 6.04 Å². The van der Waals surface area contributed by atoms with Crippen LogP contribution >= 0.6 is 0 Å². The molecule has 1 aliphatic heterocycles. The summed E-state index contributed by atoms with van der Waals surface area (Å²) in [5.41, 5.74) is 0. The van der Waals surface area contributed by atoms with Crippen LogP contribution in [0.25, 0.3) is 0 Å². The highest BCUT2D eigenvalue weighted by molar-refractivity contribution is 4.90. The zero-order chi connectivity index (χ0) is 7.68. The Kier molecular flexibility index (Phi) is 2.17. The van der Waals surface area contributed by atoms with Gasteiger partial charge in [0.1, 0.15) is 0 Å². The average molecular weight is 153 g/mol. The van der Waals surface area contributed by atoms with Crippen LogP contribution in [-0.4, -0.2) is 12.6 Å². The second kappa shape index (κ2) is 3.14. The number of nitrogens with one attached hydrogen (secondary N) is 1. The fourth-order valence-corrected chi connectivity index (χ4v) is 2.98. The minimum absolute atomic E-state index is 0.897. The third kappa shape index (κ3) is 1.31. The van der Waals surface area contributed by atoms with Gasteiger partial charge in [-0.3, -0.25) is 0 Å². The van der Waals surface area contributed by atoms with E-state index in [9.17, 15) is 0 Å². The summed E-state index contributed by atoms with van der Waals surface area (Å²) in [6, 6.07) is 0.897. The molecule has 1 heterocycles. The SMILES string of the molecule is CCC1CCNC2CCCC12. The first-order valence-electron chi connectivity index (χ1n) is 5.15. The smallest absolute Gasteiger partial charge is 0.00979 e. The van der Waals surface area contributed by atoms with Crippen molar-refractivity contribution < 1.29 is 0 Å². The van der Waals surface area contributed by atoms with Gasteiger partial charge in [0.15, 0.2) is 0 Å². The highest BCUT2D eigenvalue weighted by Gasteiger charge is 2.34. The van der Waals surface area contributed by atoms with Crippen molar-refractivity contribution in [3.63, 3.8) is 0 Å². The van der Waals surface area contributed by atoms with Gasteiger partial charge < -0.3 is 5.32 Å². The molecule has 3 unspecified atom stereocenters. The Hall–Kier alpha value is -0.0400. The minimum atomic E-state index is 0.897. The van der Waals surface area contributed by atoms with E-state index in [0.29, 0.717) is 0 Å². The number of rotatable bonds is 1. The van der Waals surface area contributed by atoms with E-state index >= 15 is 0 Å². The molecule has 64 valence electrons. The molecular formula is C10H19N. The summed E-state index contributed by atoms with van der Waals surface area (Å²) >= 11 is 0. The molecule has 0 spiro atoms. The lowest BCUT2D eigenvalue weighted by atomic mass is 9.81. The maximum absolute atomic E-state index is 3.65. The predicted octanol–water partition coefficient (Wildman–Crippen LogP) is 2.17. The van der Waals surface area contributed by atoms with Crippen molar-refractivity contribution in [1.29, 1.82) is 0 Å². The van der Waals surface area contributed by atoms with Crippen molar-refractivity contribution in [2.24, 2.45) is 11.8 Å². The molecule has 2 fully saturated rings. The first-order chi connectivity index (χ1) is 5.42. The van der Waals surface area contributed by atoms with Gasteiger partial charge in [0.05, 0.1) is 0 Å². The lowest BCUT2D eigenvalue weighted by Crippen LogP contribution is -2.42. The Morgan fingerprint density at radius 1 is 1.27 bits per heavy atom. The molecule has 0 aromatic heterocycles. The Balaban J connectivity index is 2.00. The van der Waals surface area contributed by atoms with Crippen LogP contribution in [-0.2, 0) is 0 Å². The molecule has 1 aliphatic carbocycles. The maximum atomic E-state index is 3.65. The summed E-state index contributed by atoms with van der Waals surface area (Å²) < 4.78 is 0. The summed E-state index contributed by atoms with van der Waals surface area (Å²) in [5, 5.41) is 3.65. The zero-order valence-corrected chi connectivity index (χ0v) is 7.47. The van der Waals surface area contributed by atoms with E-state index in [0.717, 1.165) is 17.9 Å². The van der Waals surface area contributed by atoms with E-state index in [1.165, 1.54) is 38.6 Å². The number of fused-ring (bicyclic) bond motifs is 1. The normalized spacial score (nSPS) is 43.9. The summed E-state index contributed by atoms with van der Waals surface area (Å²) in [6.45, 7) is 3.63. The number of piperidine rings is 1. The van der Waals surface area contributed by atoms with Crippen LogP contribution in [0, 0.1) is 11.8 Å². The van der Waals surface area contributed by atoms with Crippen LogP contribution in [0.4, 0.5) is 0 Å². The van der Waals surface area contributed by atoms with Gasteiger partial charge in [-0.1, -0.05) is 19.8 Å². The topological polar surface area (TPSA) is 12.0 Å². The molecular weight excluding hydrogens is 134 g/mol. The zero-order valence-electron chi connectivity index (χ0n) is 7.47. The Labute approximate surface area is 69.6 Å². The molecule has 1 saturated heterocycles. The third-order valence-electron chi connectivity index (χ3n) is 3.62. The molecule has 1 N–H and O–H groups in total. The van der Waals surface area contributed by atoms with Gasteiger partial charge in [-0.25, -0.2) is 0 Å². The monoisotopic (exact) mass is 153 g/mol. The predicted molar refractivity (Wildman–Crippen MR) is 47.5 cm³/mol. The van der Waals surface area contributed by atoms with Crippen LogP contribution < -0.4 is 5.32 Å². The molecule has 2 rings (SSSR count). The molecule has 1 saturated carbocycles. The van der Waals surface area contributed by atoms with Gasteiger partial charge in [0.2, 0.25) is 0 Å². The van der Waals surface area contributed by atoms with Crippen molar-refractivity contribution in [2.75, 3.05) is 6.54 Å². The molecule has 0 aromatic rings. The van der Waals surface area contributed by atoms with E-state index in [4.69, 9.17) is 0 Å². The summed E-state index contributed by atoms with van der Waals surface area (Å²) in [4.78, 5) is 0. The highest BCUT2D eigenvalue weighted by Crippen LogP contribution is 2.37. The van der Waals surface area contributed by atoms with E-state index in [-0.39, 0.29) is 0 Å². The van der Waals surface area contributed by atoms with Gasteiger partial charge in [-0.2, -0.15) is 0 Å². The highest BCUT2D eigenvalue weighted by atomic mass is 14.9.